The Balaban J connectivity index is 1.24. The molecule has 178 valence electrons. The van der Waals surface area contributed by atoms with Gasteiger partial charge >= 0.3 is 6.03 Å². The molecule has 1 N–H and O–H groups in total. The van der Waals surface area contributed by atoms with Gasteiger partial charge in [-0.05, 0) is 35.2 Å². The molecule has 0 saturated carbocycles. The summed E-state index contributed by atoms with van der Waals surface area (Å²) in [4.78, 5) is 28.6. The van der Waals surface area contributed by atoms with E-state index in [9.17, 15) is 9.59 Å². The molecule has 0 bridgehead atoms. The first-order valence-electron chi connectivity index (χ1n) is 11.3. The maximum absolute atomic E-state index is 12.6. The van der Waals surface area contributed by atoms with Gasteiger partial charge in [0.15, 0.2) is 0 Å². The fourth-order valence-electron chi connectivity index (χ4n) is 3.60. The second-order valence-corrected chi connectivity index (χ2v) is 10.1. The summed E-state index contributed by atoms with van der Waals surface area (Å²) in [6.07, 6.45) is 0. The maximum atomic E-state index is 12.6. The smallest absolute Gasteiger partial charge is 0.321 e. The minimum atomic E-state index is -0.151. The Bertz CT molecular complexity index is 1120. The van der Waals surface area contributed by atoms with Crippen molar-refractivity contribution in [2.24, 2.45) is 0 Å². The van der Waals surface area contributed by atoms with Crippen LogP contribution in [0.15, 0.2) is 64.2 Å². The van der Waals surface area contributed by atoms with Crippen LogP contribution in [0.3, 0.4) is 0 Å². The average Bonchev–Trinajstić information content (AvgIpc) is 3.32. The van der Waals surface area contributed by atoms with E-state index in [1.165, 1.54) is 17.3 Å². The zero-order valence-corrected chi connectivity index (χ0v) is 20.5. The number of rotatable bonds is 5. The average molecular weight is 480 g/mol. The quantitative estimate of drug-likeness (QED) is 0.542. The zero-order valence-electron chi connectivity index (χ0n) is 19.7. The number of urea groups is 1. The molecule has 1 aliphatic heterocycles. The van der Waals surface area contributed by atoms with Gasteiger partial charge in [-0.1, -0.05) is 62.9 Å². The van der Waals surface area contributed by atoms with Gasteiger partial charge in [-0.2, -0.15) is 0 Å². The minimum Gasteiger partial charge on any atom is -0.411 e. The summed E-state index contributed by atoms with van der Waals surface area (Å²) in [5.74, 6) is 0.636. The number of carbonyl (C=O) groups excluding carboxylic acids is 2. The largest absolute Gasteiger partial charge is 0.411 e. The van der Waals surface area contributed by atoms with E-state index in [4.69, 9.17) is 4.42 Å². The molecule has 1 aromatic heterocycles. The summed E-state index contributed by atoms with van der Waals surface area (Å²) in [7, 11) is 0. The summed E-state index contributed by atoms with van der Waals surface area (Å²) in [5.41, 5.74) is 2.91. The molecule has 0 spiro atoms. The van der Waals surface area contributed by atoms with Gasteiger partial charge in [0, 0.05) is 37.4 Å². The van der Waals surface area contributed by atoms with Gasteiger partial charge in [0.1, 0.15) is 0 Å². The molecule has 0 radical (unpaired) electrons. The third-order valence-corrected chi connectivity index (χ3v) is 6.47. The third kappa shape index (κ3) is 5.96. The molecule has 3 amide bonds. The number of aromatic nitrogens is 2. The van der Waals surface area contributed by atoms with E-state index in [2.05, 4.69) is 48.4 Å². The number of amides is 3. The number of nitrogens with zero attached hydrogens (tertiary/aromatic N) is 4. The highest BCUT2D eigenvalue weighted by atomic mass is 32.2. The summed E-state index contributed by atoms with van der Waals surface area (Å²) >= 11 is 1.23. The number of para-hydroxylation sites is 1. The Morgan fingerprint density at radius 1 is 0.941 bits per heavy atom. The second kappa shape index (κ2) is 10.3. The lowest BCUT2D eigenvalue weighted by molar-refractivity contribution is -0.129. The lowest BCUT2D eigenvalue weighted by atomic mass is 9.87. The van der Waals surface area contributed by atoms with Crippen LogP contribution in [0.25, 0.3) is 11.5 Å². The number of hydrogen-bond acceptors (Lipinski definition) is 6. The van der Waals surface area contributed by atoms with Gasteiger partial charge in [0.2, 0.25) is 11.8 Å². The molecule has 0 unspecified atom stereocenters. The molecule has 8 nitrogen and oxygen atoms in total. The van der Waals surface area contributed by atoms with Crippen LogP contribution in [-0.2, 0) is 10.2 Å². The van der Waals surface area contributed by atoms with Gasteiger partial charge in [0.05, 0.1) is 5.75 Å². The first-order valence-corrected chi connectivity index (χ1v) is 12.2. The fraction of sp³-hybridized carbons (Fsp3) is 0.360. The highest BCUT2D eigenvalue weighted by Crippen LogP contribution is 2.27. The molecule has 1 aliphatic rings. The van der Waals surface area contributed by atoms with Crippen LogP contribution in [0, 0.1) is 0 Å². The Kier molecular flexibility index (Phi) is 7.21. The van der Waals surface area contributed by atoms with Crippen LogP contribution in [0.2, 0.25) is 0 Å². The van der Waals surface area contributed by atoms with Gasteiger partial charge in [-0.25, -0.2) is 4.79 Å². The van der Waals surface area contributed by atoms with Crippen molar-refractivity contribution < 1.29 is 14.0 Å². The van der Waals surface area contributed by atoms with Gasteiger partial charge in [-0.3, -0.25) is 4.79 Å². The van der Waals surface area contributed by atoms with Crippen molar-refractivity contribution in [3.05, 3.63) is 60.2 Å². The Morgan fingerprint density at radius 2 is 1.59 bits per heavy atom. The van der Waals surface area contributed by atoms with Crippen molar-refractivity contribution in [3.63, 3.8) is 0 Å². The van der Waals surface area contributed by atoms with Crippen molar-refractivity contribution in [3.8, 4) is 11.5 Å². The van der Waals surface area contributed by atoms with E-state index in [1.54, 1.807) is 9.80 Å². The van der Waals surface area contributed by atoms with Crippen LogP contribution in [-0.4, -0.2) is 63.9 Å². The molecular formula is C25H29N5O3S. The Labute approximate surface area is 203 Å². The number of anilines is 1. The summed E-state index contributed by atoms with van der Waals surface area (Å²) in [5, 5.41) is 11.4. The van der Waals surface area contributed by atoms with Crippen LogP contribution in [0.1, 0.15) is 26.3 Å². The van der Waals surface area contributed by atoms with Crippen LogP contribution >= 0.6 is 11.8 Å². The SMILES string of the molecule is CC(C)(C)c1ccc(-c2nnc(SCC(=O)N3CCN(C(=O)Nc4ccccc4)CC3)o2)cc1. The summed E-state index contributed by atoms with van der Waals surface area (Å²) < 4.78 is 5.75. The molecule has 2 heterocycles. The highest BCUT2D eigenvalue weighted by molar-refractivity contribution is 7.99. The first kappa shape index (κ1) is 23.8. The van der Waals surface area contributed by atoms with Crippen molar-refractivity contribution in [1.29, 1.82) is 0 Å². The Hall–Kier alpha value is -3.33. The molecule has 34 heavy (non-hydrogen) atoms. The molecular weight excluding hydrogens is 450 g/mol. The molecule has 1 saturated heterocycles. The molecule has 0 aliphatic carbocycles. The van der Waals surface area contributed by atoms with Crippen molar-refractivity contribution >= 4 is 29.4 Å². The number of hydrogen-bond donors (Lipinski definition) is 1. The number of nitrogens with one attached hydrogen (secondary N) is 1. The third-order valence-electron chi connectivity index (χ3n) is 5.67. The lowest BCUT2D eigenvalue weighted by Gasteiger charge is -2.34. The summed E-state index contributed by atoms with van der Waals surface area (Å²) in [6.45, 7) is 8.47. The molecule has 0 atom stereocenters. The molecule has 3 aromatic rings. The van der Waals surface area contributed by atoms with E-state index in [1.807, 2.05) is 42.5 Å². The van der Waals surface area contributed by atoms with Gasteiger partial charge in [0.25, 0.3) is 5.22 Å². The zero-order chi connectivity index (χ0) is 24.1. The van der Waals surface area contributed by atoms with E-state index in [0.717, 1.165) is 11.3 Å². The topological polar surface area (TPSA) is 91.6 Å². The number of thioether (sulfide) groups is 1. The van der Waals surface area contributed by atoms with Crippen LogP contribution in [0.5, 0.6) is 0 Å². The van der Waals surface area contributed by atoms with E-state index < -0.39 is 0 Å². The molecule has 9 heteroatoms. The molecule has 4 rings (SSSR count). The van der Waals surface area contributed by atoms with Crippen LogP contribution in [0.4, 0.5) is 10.5 Å². The standard InChI is InChI=1S/C25H29N5O3S/c1-25(2,3)19-11-9-18(10-12-19)22-27-28-24(33-22)34-17-21(31)29-13-15-30(16-14-29)23(32)26-20-7-5-4-6-8-20/h4-12H,13-17H2,1-3H3,(H,26,32). The molecule has 2 aromatic carbocycles. The van der Waals surface area contributed by atoms with Gasteiger partial charge in [-0.15, -0.1) is 10.2 Å². The maximum Gasteiger partial charge on any atom is 0.321 e. The number of benzene rings is 2. The first-order chi connectivity index (χ1) is 16.3. The Morgan fingerprint density at radius 3 is 2.24 bits per heavy atom. The lowest BCUT2D eigenvalue weighted by Crippen LogP contribution is -2.52. The number of piperazine rings is 1. The van der Waals surface area contributed by atoms with Crippen molar-refractivity contribution in [1.82, 2.24) is 20.0 Å². The second-order valence-electron chi connectivity index (χ2n) is 9.15. The van der Waals surface area contributed by atoms with E-state index in [0.29, 0.717) is 37.3 Å². The predicted molar refractivity (Wildman–Crippen MR) is 133 cm³/mol. The van der Waals surface area contributed by atoms with E-state index >= 15 is 0 Å². The van der Waals surface area contributed by atoms with Crippen molar-refractivity contribution in [2.45, 2.75) is 31.4 Å². The van der Waals surface area contributed by atoms with E-state index in [-0.39, 0.29) is 23.1 Å². The van der Waals surface area contributed by atoms with Crippen LogP contribution < -0.4 is 5.32 Å². The monoisotopic (exact) mass is 479 g/mol. The fourth-order valence-corrected chi connectivity index (χ4v) is 4.26. The minimum absolute atomic E-state index is 0.0117. The van der Waals surface area contributed by atoms with Crippen molar-refractivity contribution in [2.75, 3.05) is 37.2 Å². The summed E-state index contributed by atoms with van der Waals surface area (Å²) in [6, 6.07) is 17.3. The normalized spacial score (nSPS) is 14.2. The highest BCUT2D eigenvalue weighted by Gasteiger charge is 2.25. The molecule has 1 fully saturated rings. The van der Waals surface area contributed by atoms with Gasteiger partial charge < -0.3 is 19.5 Å². The predicted octanol–water partition coefficient (Wildman–Crippen LogP) is 4.50. The number of carbonyl (C=O) groups is 2.